The number of carbonyl (C=O) groups excluding carboxylic acids is 2. The number of non-ortho nitro benzene ring substituents is 1. The minimum Gasteiger partial charge on any atom is -0.296 e. The molecule has 0 heterocycles. The normalized spacial score (nSPS) is 11.9. The van der Waals surface area contributed by atoms with E-state index in [0.717, 1.165) is 6.07 Å². The van der Waals surface area contributed by atoms with E-state index in [2.05, 4.69) is 0 Å². The highest BCUT2D eigenvalue weighted by Crippen LogP contribution is 2.16. The molecule has 0 aliphatic carbocycles. The quantitative estimate of drug-likeness (QED) is 0.341. The van der Waals surface area contributed by atoms with E-state index in [9.17, 15) is 24.1 Å². The Morgan fingerprint density at radius 2 is 2.12 bits per heavy atom. The van der Waals surface area contributed by atoms with Crippen LogP contribution in [-0.2, 0) is 4.79 Å². The van der Waals surface area contributed by atoms with E-state index in [4.69, 9.17) is 0 Å². The van der Waals surface area contributed by atoms with Crippen molar-refractivity contribution in [1.29, 1.82) is 0 Å². The molecule has 1 aromatic carbocycles. The summed E-state index contributed by atoms with van der Waals surface area (Å²) in [5.41, 5.74) is -0.486. The average molecular weight is 239 g/mol. The summed E-state index contributed by atoms with van der Waals surface area (Å²) in [6.07, 6.45) is -2.34. The number of nitrogens with zero attached hydrogens (tertiary/aromatic N) is 1. The highest BCUT2D eigenvalue weighted by atomic mass is 19.1. The molecule has 5 nitrogen and oxygen atoms in total. The number of hydrogen-bond acceptors (Lipinski definition) is 4. The standard InChI is InChI=1S/C11H10FNO4/c1-2-9(14)10(12)11(15)7-4-3-5-8(6-7)13(16)17/h3-6,10H,2H2,1H3. The van der Waals surface area contributed by atoms with Crippen molar-refractivity contribution in [2.75, 3.05) is 0 Å². The number of benzene rings is 1. The Balaban J connectivity index is 3.00. The Morgan fingerprint density at radius 1 is 1.47 bits per heavy atom. The van der Waals surface area contributed by atoms with Gasteiger partial charge in [0.05, 0.1) is 4.92 Å². The fraction of sp³-hybridized carbons (Fsp3) is 0.273. The number of ketones is 2. The summed E-state index contributed by atoms with van der Waals surface area (Å²) in [6, 6.07) is 4.66. The molecule has 6 heteroatoms. The van der Waals surface area contributed by atoms with Crippen molar-refractivity contribution in [3.63, 3.8) is 0 Å². The predicted octanol–water partition coefficient (Wildman–Crippen LogP) is 2.09. The van der Waals surface area contributed by atoms with Crippen LogP contribution in [0, 0.1) is 10.1 Å². The summed E-state index contributed by atoms with van der Waals surface area (Å²) < 4.78 is 13.3. The minimum atomic E-state index is -2.25. The molecule has 0 spiro atoms. The fourth-order valence-electron chi connectivity index (χ4n) is 1.24. The Hall–Kier alpha value is -2.11. The summed E-state index contributed by atoms with van der Waals surface area (Å²) in [6.45, 7) is 1.44. The molecule has 0 saturated carbocycles. The molecular weight excluding hydrogens is 229 g/mol. The molecule has 1 aromatic rings. The molecule has 0 N–H and O–H groups in total. The average Bonchev–Trinajstić information content (AvgIpc) is 2.36. The number of Topliss-reactive ketones (excluding diaryl/α,β-unsaturated/α-hetero) is 2. The Morgan fingerprint density at radius 3 is 2.65 bits per heavy atom. The molecule has 0 radical (unpaired) electrons. The van der Waals surface area contributed by atoms with Gasteiger partial charge in [0.15, 0.2) is 5.78 Å². The van der Waals surface area contributed by atoms with E-state index in [0.29, 0.717) is 0 Å². The Labute approximate surface area is 96.4 Å². The van der Waals surface area contributed by atoms with Crippen LogP contribution in [0.25, 0.3) is 0 Å². The van der Waals surface area contributed by atoms with E-state index in [-0.39, 0.29) is 17.7 Å². The van der Waals surface area contributed by atoms with Gasteiger partial charge in [-0.3, -0.25) is 19.7 Å². The van der Waals surface area contributed by atoms with Crippen molar-refractivity contribution >= 4 is 17.3 Å². The highest BCUT2D eigenvalue weighted by molar-refractivity contribution is 6.13. The molecule has 0 amide bonds. The first-order chi connectivity index (χ1) is 7.97. The van der Waals surface area contributed by atoms with Gasteiger partial charge in [-0.05, 0) is 0 Å². The smallest absolute Gasteiger partial charge is 0.270 e. The van der Waals surface area contributed by atoms with Crippen LogP contribution in [0.15, 0.2) is 24.3 Å². The molecule has 0 fully saturated rings. The lowest BCUT2D eigenvalue weighted by Crippen LogP contribution is -2.25. The number of halogens is 1. The van der Waals surface area contributed by atoms with Crippen LogP contribution < -0.4 is 0 Å². The van der Waals surface area contributed by atoms with Gasteiger partial charge in [0.2, 0.25) is 12.0 Å². The van der Waals surface area contributed by atoms with Crippen LogP contribution in [0.2, 0.25) is 0 Å². The molecule has 90 valence electrons. The maximum Gasteiger partial charge on any atom is 0.270 e. The summed E-state index contributed by atoms with van der Waals surface area (Å²) in [5.74, 6) is -1.87. The van der Waals surface area contributed by atoms with Crippen LogP contribution in [0.5, 0.6) is 0 Å². The molecule has 1 rings (SSSR count). The third kappa shape index (κ3) is 2.93. The monoisotopic (exact) mass is 239 g/mol. The molecule has 0 saturated heterocycles. The second-order valence-corrected chi connectivity index (χ2v) is 3.35. The fourth-order valence-corrected chi connectivity index (χ4v) is 1.24. The van der Waals surface area contributed by atoms with Crippen LogP contribution in [0.3, 0.4) is 0 Å². The molecule has 0 aliphatic rings. The van der Waals surface area contributed by atoms with Crippen LogP contribution >= 0.6 is 0 Å². The SMILES string of the molecule is CCC(=O)C(F)C(=O)c1cccc([N+](=O)[O-])c1. The molecule has 0 aliphatic heterocycles. The van der Waals surface area contributed by atoms with Crippen molar-refractivity contribution in [3.8, 4) is 0 Å². The number of rotatable bonds is 5. The van der Waals surface area contributed by atoms with Crippen LogP contribution in [0.1, 0.15) is 23.7 Å². The van der Waals surface area contributed by atoms with Gasteiger partial charge in [-0.25, -0.2) is 4.39 Å². The first kappa shape index (κ1) is 13.0. The van der Waals surface area contributed by atoms with E-state index >= 15 is 0 Å². The Kier molecular flexibility index (Phi) is 4.03. The summed E-state index contributed by atoms with van der Waals surface area (Å²) in [4.78, 5) is 32.3. The van der Waals surface area contributed by atoms with Gasteiger partial charge < -0.3 is 0 Å². The molecule has 0 aromatic heterocycles. The van der Waals surface area contributed by atoms with Crippen LogP contribution in [0.4, 0.5) is 10.1 Å². The zero-order valence-electron chi connectivity index (χ0n) is 9.05. The first-order valence-corrected chi connectivity index (χ1v) is 4.92. The maximum atomic E-state index is 13.3. The second-order valence-electron chi connectivity index (χ2n) is 3.35. The van der Waals surface area contributed by atoms with E-state index in [1.807, 2.05) is 0 Å². The molecule has 17 heavy (non-hydrogen) atoms. The van der Waals surface area contributed by atoms with Crippen molar-refractivity contribution < 1.29 is 18.9 Å². The zero-order chi connectivity index (χ0) is 13.0. The van der Waals surface area contributed by atoms with Crippen LogP contribution in [-0.4, -0.2) is 22.7 Å². The minimum absolute atomic E-state index is 0.0954. The molecule has 1 atom stereocenters. The maximum absolute atomic E-state index is 13.3. The summed E-state index contributed by atoms with van der Waals surface area (Å²) in [5, 5.41) is 10.5. The largest absolute Gasteiger partial charge is 0.296 e. The van der Waals surface area contributed by atoms with E-state index in [1.54, 1.807) is 0 Å². The van der Waals surface area contributed by atoms with Gasteiger partial charge in [0, 0.05) is 24.1 Å². The number of nitro groups is 1. The van der Waals surface area contributed by atoms with Crippen molar-refractivity contribution in [2.45, 2.75) is 19.5 Å². The van der Waals surface area contributed by atoms with Gasteiger partial charge in [-0.1, -0.05) is 19.1 Å². The van der Waals surface area contributed by atoms with Gasteiger partial charge in [-0.2, -0.15) is 0 Å². The lowest BCUT2D eigenvalue weighted by atomic mass is 10.0. The first-order valence-electron chi connectivity index (χ1n) is 4.92. The van der Waals surface area contributed by atoms with Gasteiger partial charge in [-0.15, -0.1) is 0 Å². The van der Waals surface area contributed by atoms with Gasteiger partial charge >= 0.3 is 0 Å². The highest BCUT2D eigenvalue weighted by Gasteiger charge is 2.26. The zero-order valence-corrected chi connectivity index (χ0v) is 9.05. The van der Waals surface area contributed by atoms with Gasteiger partial charge in [0.25, 0.3) is 5.69 Å². The topological polar surface area (TPSA) is 77.3 Å². The summed E-state index contributed by atoms with van der Waals surface area (Å²) in [7, 11) is 0. The predicted molar refractivity (Wildman–Crippen MR) is 57.6 cm³/mol. The molecular formula is C11H10FNO4. The lowest BCUT2D eigenvalue weighted by Gasteiger charge is -2.04. The van der Waals surface area contributed by atoms with Gasteiger partial charge in [0.1, 0.15) is 0 Å². The molecule has 0 bridgehead atoms. The Bertz CT molecular complexity index is 472. The number of carbonyl (C=O) groups is 2. The summed E-state index contributed by atoms with van der Waals surface area (Å²) >= 11 is 0. The number of alkyl halides is 1. The lowest BCUT2D eigenvalue weighted by molar-refractivity contribution is -0.384. The third-order valence-corrected chi connectivity index (χ3v) is 2.20. The number of nitro benzene ring substituents is 1. The third-order valence-electron chi connectivity index (χ3n) is 2.20. The van der Waals surface area contributed by atoms with E-state index in [1.165, 1.54) is 25.1 Å². The van der Waals surface area contributed by atoms with Crippen molar-refractivity contribution in [3.05, 3.63) is 39.9 Å². The number of hydrogen-bond donors (Lipinski definition) is 0. The second kappa shape index (κ2) is 5.29. The van der Waals surface area contributed by atoms with E-state index < -0.39 is 22.7 Å². The van der Waals surface area contributed by atoms with Crippen molar-refractivity contribution in [2.24, 2.45) is 0 Å². The van der Waals surface area contributed by atoms with Crippen molar-refractivity contribution in [1.82, 2.24) is 0 Å². The molecule has 1 unspecified atom stereocenters.